The number of nitrogens with two attached hydrogens (primary N) is 1. The number of hydrogen-bond donors (Lipinski definition) is 2. The van der Waals surface area contributed by atoms with Crippen LogP contribution in [-0.4, -0.2) is 23.3 Å². The van der Waals surface area contributed by atoms with Crippen molar-refractivity contribution < 1.29 is 0 Å². The largest absolute Gasteiger partial charge is 0.383 e. The predicted molar refractivity (Wildman–Crippen MR) is 92.0 cm³/mol. The van der Waals surface area contributed by atoms with E-state index in [0.717, 1.165) is 34.2 Å². The summed E-state index contributed by atoms with van der Waals surface area (Å²) in [5.74, 6) is 1.55. The van der Waals surface area contributed by atoms with Crippen LogP contribution in [0.15, 0.2) is 47.5 Å². The molecular weight excluding hydrogens is 302 g/mol. The molecule has 0 amide bonds. The molecule has 1 unspecified atom stereocenters. The van der Waals surface area contributed by atoms with E-state index in [4.69, 9.17) is 17.3 Å². The van der Waals surface area contributed by atoms with E-state index in [1.54, 1.807) is 18.0 Å². The Kier molecular flexibility index (Phi) is 6.36. The SMILES string of the molecule is CCNC(CSc1ccccc1Cl)Cc1cccnc1N. The number of pyridine rings is 1. The molecule has 21 heavy (non-hydrogen) atoms. The van der Waals surface area contributed by atoms with Crippen LogP contribution in [0.2, 0.25) is 5.02 Å². The van der Waals surface area contributed by atoms with Crippen LogP contribution < -0.4 is 11.1 Å². The molecule has 1 atom stereocenters. The highest BCUT2D eigenvalue weighted by Gasteiger charge is 2.12. The first-order valence-electron chi connectivity index (χ1n) is 7.00. The maximum absolute atomic E-state index is 6.20. The number of rotatable bonds is 7. The number of hydrogen-bond acceptors (Lipinski definition) is 4. The highest BCUT2D eigenvalue weighted by molar-refractivity contribution is 7.99. The lowest BCUT2D eigenvalue weighted by Crippen LogP contribution is -2.33. The van der Waals surface area contributed by atoms with E-state index in [9.17, 15) is 0 Å². The van der Waals surface area contributed by atoms with Crippen molar-refractivity contribution in [3.63, 3.8) is 0 Å². The van der Waals surface area contributed by atoms with Crippen LogP contribution in [0.4, 0.5) is 5.82 Å². The molecule has 0 aliphatic heterocycles. The molecule has 1 aromatic carbocycles. The van der Waals surface area contributed by atoms with Gasteiger partial charge in [0.25, 0.3) is 0 Å². The fourth-order valence-electron chi connectivity index (χ4n) is 2.12. The molecule has 1 aromatic heterocycles. The lowest BCUT2D eigenvalue weighted by atomic mass is 10.1. The average Bonchev–Trinajstić information content (AvgIpc) is 2.48. The van der Waals surface area contributed by atoms with E-state index in [-0.39, 0.29) is 0 Å². The van der Waals surface area contributed by atoms with Crippen molar-refractivity contribution in [3.8, 4) is 0 Å². The molecule has 1 heterocycles. The number of aromatic nitrogens is 1. The van der Waals surface area contributed by atoms with Crippen LogP contribution in [0, 0.1) is 0 Å². The molecule has 3 N–H and O–H groups in total. The maximum Gasteiger partial charge on any atom is 0.126 e. The predicted octanol–water partition coefficient (Wildman–Crippen LogP) is 3.63. The maximum atomic E-state index is 6.20. The normalized spacial score (nSPS) is 12.3. The summed E-state index contributed by atoms with van der Waals surface area (Å²) in [4.78, 5) is 5.26. The van der Waals surface area contributed by atoms with Gasteiger partial charge in [0.05, 0.1) is 5.02 Å². The van der Waals surface area contributed by atoms with E-state index in [2.05, 4.69) is 23.3 Å². The number of nitrogen functional groups attached to an aromatic ring is 1. The minimum absolute atomic E-state index is 0.336. The zero-order valence-electron chi connectivity index (χ0n) is 12.1. The Morgan fingerprint density at radius 2 is 2.10 bits per heavy atom. The van der Waals surface area contributed by atoms with Crippen LogP contribution in [0.3, 0.4) is 0 Å². The Labute approximate surface area is 135 Å². The summed E-state index contributed by atoms with van der Waals surface area (Å²) in [6.07, 6.45) is 2.59. The van der Waals surface area contributed by atoms with Gasteiger partial charge in [-0.05, 0) is 36.7 Å². The molecule has 0 radical (unpaired) electrons. The van der Waals surface area contributed by atoms with Gasteiger partial charge < -0.3 is 11.1 Å². The molecule has 112 valence electrons. The molecule has 0 saturated carbocycles. The minimum Gasteiger partial charge on any atom is -0.383 e. The average molecular weight is 322 g/mol. The van der Waals surface area contributed by atoms with Crippen molar-refractivity contribution in [1.29, 1.82) is 0 Å². The van der Waals surface area contributed by atoms with Gasteiger partial charge in [0.1, 0.15) is 5.82 Å². The monoisotopic (exact) mass is 321 g/mol. The van der Waals surface area contributed by atoms with Gasteiger partial charge in [-0.2, -0.15) is 0 Å². The summed E-state index contributed by atoms with van der Waals surface area (Å²) in [5, 5.41) is 4.31. The van der Waals surface area contributed by atoms with Crippen molar-refractivity contribution >= 4 is 29.2 Å². The molecule has 2 aromatic rings. The van der Waals surface area contributed by atoms with Crippen LogP contribution in [0.1, 0.15) is 12.5 Å². The lowest BCUT2D eigenvalue weighted by molar-refractivity contribution is 0.572. The number of thioether (sulfide) groups is 1. The van der Waals surface area contributed by atoms with Crippen molar-refractivity contribution in [3.05, 3.63) is 53.2 Å². The molecule has 0 aliphatic carbocycles. The second-order valence-electron chi connectivity index (χ2n) is 4.75. The van der Waals surface area contributed by atoms with E-state index in [0.29, 0.717) is 11.9 Å². The van der Waals surface area contributed by atoms with Gasteiger partial charge in [-0.15, -0.1) is 11.8 Å². The summed E-state index contributed by atoms with van der Waals surface area (Å²) in [6, 6.07) is 12.2. The Morgan fingerprint density at radius 3 is 2.81 bits per heavy atom. The second-order valence-corrected chi connectivity index (χ2v) is 6.22. The molecule has 0 bridgehead atoms. The van der Waals surface area contributed by atoms with Crippen LogP contribution in [0.5, 0.6) is 0 Å². The highest BCUT2D eigenvalue weighted by atomic mass is 35.5. The van der Waals surface area contributed by atoms with Gasteiger partial charge in [0.2, 0.25) is 0 Å². The minimum atomic E-state index is 0.336. The number of nitrogens with zero attached hydrogens (tertiary/aromatic N) is 1. The first-order valence-corrected chi connectivity index (χ1v) is 8.37. The van der Waals surface area contributed by atoms with Crippen molar-refractivity contribution in [2.24, 2.45) is 0 Å². The zero-order valence-corrected chi connectivity index (χ0v) is 13.6. The van der Waals surface area contributed by atoms with E-state index in [1.807, 2.05) is 30.3 Å². The molecular formula is C16H20ClN3S. The highest BCUT2D eigenvalue weighted by Crippen LogP contribution is 2.27. The van der Waals surface area contributed by atoms with E-state index in [1.165, 1.54) is 0 Å². The topological polar surface area (TPSA) is 50.9 Å². The van der Waals surface area contributed by atoms with Crippen LogP contribution in [0.25, 0.3) is 0 Å². The third kappa shape index (κ3) is 4.92. The molecule has 0 saturated heterocycles. The summed E-state index contributed by atoms with van der Waals surface area (Å²) >= 11 is 7.96. The first-order chi connectivity index (χ1) is 10.2. The summed E-state index contributed by atoms with van der Waals surface area (Å²) in [5.41, 5.74) is 7.02. The molecule has 0 spiro atoms. The van der Waals surface area contributed by atoms with Gasteiger partial charge in [-0.25, -0.2) is 4.98 Å². The zero-order chi connectivity index (χ0) is 15.1. The standard InChI is InChI=1S/C16H20ClN3S/c1-2-19-13(10-12-6-5-9-20-16(12)18)11-21-15-8-4-3-7-14(15)17/h3-9,13,19H,2,10-11H2,1H3,(H2,18,20). The summed E-state index contributed by atoms with van der Waals surface area (Å²) < 4.78 is 0. The van der Waals surface area contributed by atoms with Gasteiger partial charge in [-0.3, -0.25) is 0 Å². The Hall–Kier alpha value is -1.23. The van der Waals surface area contributed by atoms with Gasteiger partial charge in [-0.1, -0.05) is 36.7 Å². The number of likely N-dealkylation sites (N-methyl/N-ethyl adjacent to an activating group) is 1. The molecule has 2 rings (SSSR count). The molecule has 3 nitrogen and oxygen atoms in total. The summed E-state index contributed by atoms with van der Waals surface area (Å²) in [7, 11) is 0. The van der Waals surface area contributed by atoms with Crippen molar-refractivity contribution in [2.45, 2.75) is 24.3 Å². The quantitative estimate of drug-likeness (QED) is 0.765. The number of benzene rings is 1. The fourth-order valence-corrected chi connectivity index (χ4v) is 3.42. The first kappa shape index (κ1) is 16.1. The molecule has 0 fully saturated rings. The number of halogens is 1. The number of anilines is 1. The third-order valence-electron chi connectivity index (χ3n) is 3.16. The Bertz CT molecular complexity index is 577. The molecule has 5 heteroatoms. The van der Waals surface area contributed by atoms with Gasteiger partial charge in [0.15, 0.2) is 0 Å². The fraction of sp³-hybridized carbons (Fsp3) is 0.312. The van der Waals surface area contributed by atoms with Crippen molar-refractivity contribution in [2.75, 3.05) is 18.0 Å². The van der Waals surface area contributed by atoms with E-state index < -0.39 is 0 Å². The molecule has 0 aliphatic rings. The van der Waals surface area contributed by atoms with Crippen molar-refractivity contribution in [1.82, 2.24) is 10.3 Å². The van der Waals surface area contributed by atoms with E-state index >= 15 is 0 Å². The van der Waals surface area contributed by atoms with Gasteiger partial charge >= 0.3 is 0 Å². The Balaban J connectivity index is 1.99. The second kappa shape index (κ2) is 8.27. The van der Waals surface area contributed by atoms with Crippen LogP contribution >= 0.6 is 23.4 Å². The third-order valence-corrected chi connectivity index (χ3v) is 4.84. The lowest BCUT2D eigenvalue weighted by Gasteiger charge is -2.18. The number of nitrogens with one attached hydrogen (secondary N) is 1. The Morgan fingerprint density at radius 1 is 1.29 bits per heavy atom. The summed E-state index contributed by atoms with van der Waals surface area (Å²) in [6.45, 7) is 3.04. The van der Waals surface area contributed by atoms with Gasteiger partial charge in [0, 0.05) is 22.9 Å². The van der Waals surface area contributed by atoms with Crippen LogP contribution in [-0.2, 0) is 6.42 Å². The smallest absolute Gasteiger partial charge is 0.126 e.